The summed E-state index contributed by atoms with van der Waals surface area (Å²) in [7, 11) is 0. The van der Waals surface area contributed by atoms with Gasteiger partial charge in [0, 0.05) is 19.2 Å². The largest absolute Gasteiger partial charge is 0.319 e. The number of benzene rings is 1. The molecule has 2 amide bonds. The molecule has 3 heterocycles. The predicted molar refractivity (Wildman–Crippen MR) is 132 cm³/mol. The van der Waals surface area contributed by atoms with Crippen LogP contribution in [0.2, 0.25) is 0 Å². The molecule has 2 N–H and O–H groups in total. The van der Waals surface area contributed by atoms with E-state index in [2.05, 4.69) is 20.5 Å². The minimum absolute atomic E-state index is 0.0861. The number of fused-ring (bicyclic) bond motifs is 2. The number of anilines is 3. The Morgan fingerprint density at radius 1 is 1.12 bits per heavy atom. The molecule has 0 bridgehead atoms. The molecule has 2 aliphatic rings. The number of hydrogen-bond donors (Lipinski definition) is 2. The Kier molecular flexibility index (Phi) is 8.03. The smallest absolute Gasteiger partial charge is 0.257 e. The normalized spacial score (nSPS) is 16.4. The lowest BCUT2D eigenvalue weighted by Gasteiger charge is -2.33. The maximum Gasteiger partial charge on any atom is 0.257 e. The fraction of sp³-hybridized carbons (Fsp3) is 0.462. The molecule has 34 heavy (non-hydrogen) atoms. The fourth-order valence-corrected chi connectivity index (χ4v) is 4.69. The molecule has 0 atom stereocenters. The van der Waals surface area contributed by atoms with Crippen LogP contribution in [0.3, 0.4) is 0 Å². The highest BCUT2D eigenvalue weighted by molar-refractivity contribution is 6.17. The Bertz CT molecular complexity index is 1030. The summed E-state index contributed by atoms with van der Waals surface area (Å²) >= 11 is 0. The number of hydrogen-bond acceptors (Lipinski definition) is 6. The Balaban J connectivity index is 1.34. The van der Waals surface area contributed by atoms with Crippen LogP contribution in [0, 0.1) is 5.92 Å². The van der Waals surface area contributed by atoms with Gasteiger partial charge in [0.15, 0.2) is 5.82 Å². The van der Waals surface area contributed by atoms with Crippen molar-refractivity contribution in [2.24, 2.45) is 5.92 Å². The summed E-state index contributed by atoms with van der Waals surface area (Å²) in [5.74, 6) is 1.02. The zero-order valence-corrected chi connectivity index (χ0v) is 19.8. The third-order valence-corrected chi connectivity index (χ3v) is 6.57. The Hall–Kier alpha value is -3.10. The number of ketones is 1. The van der Waals surface area contributed by atoms with Gasteiger partial charge >= 0.3 is 0 Å². The molecule has 8 heteroatoms. The molecule has 0 spiro atoms. The van der Waals surface area contributed by atoms with Crippen molar-refractivity contribution in [1.82, 2.24) is 15.2 Å². The van der Waals surface area contributed by atoms with Crippen molar-refractivity contribution < 1.29 is 14.4 Å². The van der Waals surface area contributed by atoms with Crippen LogP contribution in [0.25, 0.3) is 0 Å². The number of carbonyl (C=O) groups excluding carboxylic acids is 3. The van der Waals surface area contributed by atoms with E-state index in [1.807, 2.05) is 6.07 Å². The van der Waals surface area contributed by atoms with Crippen LogP contribution in [0.1, 0.15) is 49.4 Å². The highest BCUT2D eigenvalue weighted by Gasteiger charge is 2.31. The Labute approximate surface area is 200 Å². The number of pyridine rings is 1. The van der Waals surface area contributed by atoms with Crippen molar-refractivity contribution >= 4 is 34.8 Å². The molecule has 2 aliphatic heterocycles. The van der Waals surface area contributed by atoms with Gasteiger partial charge in [-0.05, 0) is 82.4 Å². The van der Waals surface area contributed by atoms with E-state index in [-0.39, 0.29) is 24.1 Å². The van der Waals surface area contributed by atoms with E-state index in [0.717, 1.165) is 45.4 Å². The number of rotatable bonds is 9. The second kappa shape index (κ2) is 11.4. The van der Waals surface area contributed by atoms with Gasteiger partial charge in [-0.25, -0.2) is 4.98 Å². The standard InChI is InChI=1S/C26H33N5O3/c1-19(32)10-15-27-13-4-6-20-11-16-30(17-12-20)18-24(33)31-23-9-3-2-7-21(23)26(34)29-22-8-5-14-28-25(22)31/h2-3,5,7-9,14,20,27H,4,6,10-13,15-18H2,1H3,(H,29,34). The van der Waals surface area contributed by atoms with E-state index in [1.54, 1.807) is 48.4 Å². The minimum Gasteiger partial charge on any atom is -0.319 e. The average Bonchev–Trinajstić information content (AvgIpc) is 2.96. The molecule has 8 nitrogen and oxygen atoms in total. The highest BCUT2D eigenvalue weighted by Crippen LogP contribution is 2.36. The second-order valence-electron chi connectivity index (χ2n) is 9.14. The molecule has 0 saturated carbocycles. The number of nitrogens with zero attached hydrogens (tertiary/aromatic N) is 3. The van der Waals surface area contributed by atoms with Crippen molar-refractivity contribution in [3.8, 4) is 0 Å². The van der Waals surface area contributed by atoms with Crippen LogP contribution in [-0.2, 0) is 9.59 Å². The Morgan fingerprint density at radius 2 is 1.91 bits per heavy atom. The van der Waals surface area contributed by atoms with Crippen LogP contribution >= 0.6 is 0 Å². The van der Waals surface area contributed by atoms with Crippen LogP contribution in [0.15, 0.2) is 42.6 Å². The summed E-state index contributed by atoms with van der Waals surface area (Å²) in [5, 5.41) is 6.22. The zero-order chi connectivity index (χ0) is 23.9. The van der Waals surface area contributed by atoms with Gasteiger partial charge in [0.2, 0.25) is 5.91 Å². The quantitative estimate of drug-likeness (QED) is 0.554. The molecule has 1 aromatic heterocycles. The van der Waals surface area contributed by atoms with Crippen molar-refractivity contribution in [2.45, 2.75) is 39.0 Å². The zero-order valence-electron chi connectivity index (χ0n) is 19.8. The number of amides is 2. The van der Waals surface area contributed by atoms with Crippen molar-refractivity contribution in [3.05, 3.63) is 48.2 Å². The van der Waals surface area contributed by atoms with E-state index in [4.69, 9.17) is 0 Å². The monoisotopic (exact) mass is 463 g/mol. The molecule has 1 aromatic carbocycles. The molecular weight excluding hydrogens is 430 g/mol. The minimum atomic E-state index is -0.239. The molecule has 1 saturated heterocycles. The SMILES string of the molecule is CC(=O)CCNCCCC1CCN(CC(=O)N2c3ccccc3C(=O)Nc3cccnc32)CC1. The van der Waals surface area contributed by atoms with E-state index in [1.165, 1.54) is 6.42 Å². The van der Waals surface area contributed by atoms with Gasteiger partial charge in [0.05, 0.1) is 23.5 Å². The topological polar surface area (TPSA) is 94.6 Å². The lowest BCUT2D eigenvalue weighted by molar-refractivity contribution is -0.119. The number of para-hydroxylation sites is 1. The van der Waals surface area contributed by atoms with E-state index < -0.39 is 0 Å². The van der Waals surface area contributed by atoms with Crippen LogP contribution in [0.5, 0.6) is 0 Å². The molecular formula is C26H33N5O3. The van der Waals surface area contributed by atoms with Gasteiger partial charge in [-0.3, -0.25) is 24.2 Å². The molecule has 2 aromatic rings. The lowest BCUT2D eigenvalue weighted by atomic mass is 9.92. The number of Topliss-reactive ketones (excluding diaryl/α,β-unsaturated/α-hetero) is 1. The Morgan fingerprint density at radius 3 is 2.71 bits per heavy atom. The molecule has 0 unspecified atom stereocenters. The second-order valence-corrected chi connectivity index (χ2v) is 9.14. The summed E-state index contributed by atoms with van der Waals surface area (Å²) in [6.45, 7) is 5.38. The first-order valence-electron chi connectivity index (χ1n) is 12.1. The predicted octanol–water partition coefficient (Wildman–Crippen LogP) is 3.37. The number of carbonyl (C=O) groups is 3. The number of piperidine rings is 1. The first-order valence-corrected chi connectivity index (χ1v) is 12.1. The van der Waals surface area contributed by atoms with Crippen LogP contribution in [-0.4, -0.2) is 60.2 Å². The maximum absolute atomic E-state index is 13.5. The molecule has 180 valence electrons. The first-order chi connectivity index (χ1) is 16.5. The highest BCUT2D eigenvalue weighted by atomic mass is 16.2. The van der Waals surface area contributed by atoms with Gasteiger partial charge in [0.1, 0.15) is 5.78 Å². The van der Waals surface area contributed by atoms with Crippen molar-refractivity contribution in [1.29, 1.82) is 0 Å². The van der Waals surface area contributed by atoms with E-state index in [9.17, 15) is 14.4 Å². The number of aromatic nitrogens is 1. The number of likely N-dealkylation sites (tertiary alicyclic amines) is 1. The molecule has 0 aliphatic carbocycles. The third-order valence-electron chi connectivity index (χ3n) is 6.57. The van der Waals surface area contributed by atoms with E-state index in [0.29, 0.717) is 35.1 Å². The first kappa shape index (κ1) is 24.0. The van der Waals surface area contributed by atoms with Crippen LogP contribution < -0.4 is 15.5 Å². The summed E-state index contributed by atoms with van der Waals surface area (Å²) in [5.41, 5.74) is 1.56. The van der Waals surface area contributed by atoms with Crippen LogP contribution in [0.4, 0.5) is 17.2 Å². The third kappa shape index (κ3) is 5.87. The molecule has 1 fully saturated rings. The molecule has 4 rings (SSSR count). The van der Waals surface area contributed by atoms with Gasteiger partial charge in [-0.2, -0.15) is 0 Å². The van der Waals surface area contributed by atoms with E-state index >= 15 is 0 Å². The van der Waals surface area contributed by atoms with Gasteiger partial charge < -0.3 is 10.6 Å². The average molecular weight is 464 g/mol. The maximum atomic E-state index is 13.5. The summed E-state index contributed by atoms with van der Waals surface area (Å²) in [6.07, 6.45) is 6.66. The lowest BCUT2D eigenvalue weighted by Crippen LogP contribution is -2.42. The van der Waals surface area contributed by atoms with Gasteiger partial charge in [-0.15, -0.1) is 0 Å². The molecule has 0 radical (unpaired) electrons. The van der Waals surface area contributed by atoms with Crippen molar-refractivity contribution in [2.75, 3.05) is 42.9 Å². The summed E-state index contributed by atoms with van der Waals surface area (Å²) in [6, 6.07) is 10.7. The van der Waals surface area contributed by atoms with Gasteiger partial charge in [0.25, 0.3) is 5.91 Å². The summed E-state index contributed by atoms with van der Waals surface area (Å²) < 4.78 is 0. The van der Waals surface area contributed by atoms with Gasteiger partial charge in [-0.1, -0.05) is 12.1 Å². The summed E-state index contributed by atoms with van der Waals surface area (Å²) in [4.78, 5) is 45.5. The fourth-order valence-electron chi connectivity index (χ4n) is 4.69. The van der Waals surface area contributed by atoms with Crippen molar-refractivity contribution in [3.63, 3.8) is 0 Å². The number of nitrogens with one attached hydrogen (secondary N) is 2.